The van der Waals surface area contributed by atoms with E-state index >= 15 is 0 Å². The number of aromatic nitrogens is 2. The van der Waals surface area contributed by atoms with Gasteiger partial charge in [-0.15, -0.1) is 0 Å². The molecule has 8 nitrogen and oxygen atoms in total. The summed E-state index contributed by atoms with van der Waals surface area (Å²) >= 11 is 0. The molecule has 1 atom stereocenters. The van der Waals surface area contributed by atoms with E-state index in [0.717, 1.165) is 0 Å². The first-order valence-corrected chi connectivity index (χ1v) is 5.21. The van der Waals surface area contributed by atoms with Crippen LogP contribution >= 0.6 is 0 Å². The normalized spacial score (nSPS) is 12.2. The topological polar surface area (TPSA) is 119 Å². The number of hydrogen-bond acceptors (Lipinski definition) is 5. The van der Waals surface area contributed by atoms with Gasteiger partial charge >= 0.3 is 5.97 Å². The monoisotopic (exact) mass is 256 g/mol. The summed E-state index contributed by atoms with van der Waals surface area (Å²) in [6.45, 7) is 1.65. The number of primary amides is 1. The highest BCUT2D eigenvalue weighted by Crippen LogP contribution is 2.17. The van der Waals surface area contributed by atoms with Crippen LogP contribution in [0.1, 0.15) is 16.1 Å². The van der Waals surface area contributed by atoms with E-state index in [1.54, 1.807) is 14.0 Å². The van der Waals surface area contributed by atoms with E-state index in [4.69, 9.17) is 15.6 Å². The Morgan fingerprint density at radius 2 is 2.22 bits per heavy atom. The highest BCUT2D eigenvalue weighted by Gasteiger charge is 2.21. The molecule has 1 unspecified atom stereocenters. The Bertz CT molecular complexity index is 469. The van der Waals surface area contributed by atoms with Gasteiger partial charge in [0.1, 0.15) is 11.4 Å². The van der Waals surface area contributed by atoms with Gasteiger partial charge in [0.2, 0.25) is 0 Å². The van der Waals surface area contributed by atoms with Crippen molar-refractivity contribution in [3.63, 3.8) is 0 Å². The number of carbonyl (C=O) groups is 2. The lowest BCUT2D eigenvalue weighted by Crippen LogP contribution is -2.31. The van der Waals surface area contributed by atoms with Gasteiger partial charge in [-0.2, -0.15) is 5.10 Å². The number of anilines is 1. The minimum Gasteiger partial charge on any atom is -0.479 e. The Labute approximate surface area is 104 Å². The first-order valence-electron chi connectivity index (χ1n) is 5.21. The second-order valence-corrected chi connectivity index (χ2v) is 3.74. The molecule has 0 aliphatic heterocycles. The zero-order chi connectivity index (χ0) is 13.9. The number of aliphatic carboxylic acids is 1. The van der Waals surface area contributed by atoms with E-state index in [0.29, 0.717) is 11.5 Å². The molecule has 1 amide bonds. The number of hydrogen-bond donors (Lipinski definition) is 3. The Kier molecular flexibility index (Phi) is 4.27. The fourth-order valence-electron chi connectivity index (χ4n) is 1.62. The van der Waals surface area contributed by atoms with Crippen LogP contribution in [0.4, 0.5) is 5.82 Å². The molecule has 0 radical (unpaired) electrons. The van der Waals surface area contributed by atoms with Crippen molar-refractivity contribution < 1.29 is 19.4 Å². The van der Waals surface area contributed by atoms with Crippen LogP contribution in [0.5, 0.6) is 0 Å². The van der Waals surface area contributed by atoms with Crippen molar-refractivity contribution >= 4 is 17.7 Å². The SMILES string of the molecule is COC(CNc1c(C(N)=O)c(C)nn1C)C(=O)O. The predicted octanol–water partition coefficient (Wildman–Crippen LogP) is -0.661. The number of methoxy groups -OCH3 is 1. The summed E-state index contributed by atoms with van der Waals surface area (Å²) in [5.74, 6) is -1.33. The van der Waals surface area contributed by atoms with Gasteiger partial charge in [-0.05, 0) is 6.92 Å². The third-order valence-corrected chi connectivity index (χ3v) is 2.48. The number of rotatable bonds is 6. The molecule has 0 fully saturated rings. The third-order valence-electron chi connectivity index (χ3n) is 2.48. The minimum atomic E-state index is -1.09. The summed E-state index contributed by atoms with van der Waals surface area (Å²) in [5.41, 5.74) is 5.98. The van der Waals surface area contributed by atoms with E-state index in [2.05, 4.69) is 10.4 Å². The van der Waals surface area contributed by atoms with Crippen LogP contribution in [0.15, 0.2) is 0 Å². The van der Waals surface area contributed by atoms with Crippen molar-refractivity contribution in [2.75, 3.05) is 19.0 Å². The number of carbonyl (C=O) groups excluding carboxylic acids is 1. The summed E-state index contributed by atoms with van der Waals surface area (Å²) in [5, 5.41) is 15.7. The fraction of sp³-hybridized carbons (Fsp3) is 0.500. The van der Waals surface area contributed by atoms with Gasteiger partial charge in [-0.1, -0.05) is 0 Å². The summed E-state index contributed by atoms with van der Waals surface area (Å²) in [6.07, 6.45) is -1.01. The molecule has 8 heteroatoms. The summed E-state index contributed by atoms with van der Waals surface area (Å²) in [4.78, 5) is 22.1. The maximum Gasteiger partial charge on any atom is 0.334 e. The zero-order valence-corrected chi connectivity index (χ0v) is 10.4. The molecule has 1 heterocycles. The molecule has 1 aromatic heterocycles. The van der Waals surface area contributed by atoms with Crippen LogP contribution in [0.3, 0.4) is 0 Å². The van der Waals surface area contributed by atoms with Crippen molar-refractivity contribution in [2.24, 2.45) is 12.8 Å². The molecule has 0 aromatic carbocycles. The van der Waals surface area contributed by atoms with Gasteiger partial charge < -0.3 is 20.9 Å². The van der Waals surface area contributed by atoms with Gasteiger partial charge in [-0.25, -0.2) is 4.79 Å². The maximum atomic E-state index is 11.3. The molecule has 0 aliphatic carbocycles. The molecule has 0 bridgehead atoms. The second kappa shape index (κ2) is 5.50. The van der Waals surface area contributed by atoms with Crippen LogP contribution in [0.25, 0.3) is 0 Å². The summed E-state index contributed by atoms with van der Waals surface area (Å²) in [7, 11) is 2.92. The first-order chi connectivity index (χ1) is 8.38. The van der Waals surface area contributed by atoms with Gasteiger partial charge in [0.25, 0.3) is 5.91 Å². The van der Waals surface area contributed by atoms with Crippen molar-refractivity contribution in [1.82, 2.24) is 9.78 Å². The van der Waals surface area contributed by atoms with E-state index in [-0.39, 0.29) is 12.1 Å². The molecule has 0 spiro atoms. The van der Waals surface area contributed by atoms with Gasteiger partial charge in [-0.3, -0.25) is 9.48 Å². The number of ether oxygens (including phenoxy) is 1. The lowest BCUT2D eigenvalue weighted by atomic mass is 10.2. The average Bonchev–Trinajstić information content (AvgIpc) is 2.54. The second-order valence-electron chi connectivity index (χ2n) is 3.74. The number of amides is 1. The largest absolute Gasteiger partial charge is 0.479 e. The van der Waals surface area contributed by atoms with Crippen LogP contribution in [-0.2, 0) is 16.6 Å². The standard InChI is InChI=1S/C10H16N4O4/c1-5-7(8(11)15)9(14(2)13-5)12-4-6(18-3)10(16)17/h6,12H,4H2,1-3H3,(H2,11,15)(H,16,17). The maximum absolute atomic E-state index is 11.3. The molecular formula is C10H16N4O4. The quantitative estimate of drug-likeness (QED) is 0.621. The smallest absolute Gasteiger partial charge is 0.334 e. The van der Waals surface area contributed by atoms with E-state index in [1.807, 2.05) is 0 Å². The molecule has 18 heavy (non-hydrogen) atoms. The Hall–Kier alpha value is -2.09. The molecule has 100 valence electrons. The van der Waals surface area contributed by atoms with Crippen molar-refractivity contribution in [1.29, 1.82) is 0 Å². The number of nitrogens with two attached hydrogens (primary N) is 1. The lowest BCUT2D eigenvalue weighted by molar-refractivity contribution is -0.147. The van der Waals surface area contributed by atoms with Crippen LogP contribution in [0.2, 0.25) is 0 Å². The highest BCUT2D eigenvalue weighted by atomic mass is 16.5. The van der Waals surface area contributed by atoms with Crippen molar-refractivity contribution in [3.05, 3.63) is 11.3 Å². The van der Waals surface area contributed by atoms with Crippen LogP contribution in [-0.4, -0.2) is 46.5 Å². The van der Waals surface area contributed by atoms with E-state index in [9.17, 15) is 9.59 Å². The lowest BCUT2D eigenvalue weighted by Gasteiger charge is -2.13. The predicted molar refractivity (Wildman–Crippen MR) is 63.4 cm³/mol. The number of carboxylic acids is 1. The molecule has 1 rings (SSSR count). The summed E-state index contributed by atoms with van der Waals surface area (Å²) in [6, 6.07) is 0. The average molecular weight is 256 g/mol. The third kappa shape index (κ3) is 2.77. The number of nitrogens with one attached hydrogen (secondary N) is 1. The highest BCUT2D eigenvalue weighted by molar-refractivity contribution is 5.99. The van der Waals surface area contributed by atoms with Gasteiger partial charge in [0.15, 0.2) is 6.10 Å². The summed E-state index contributed by atoms with van der Waals surface area (Å²) < 4.78 is 6.21. The van der Waals surface area contributed by atoms with Gasteiger partial charge in [0.05, 0.1) is 12.2 Å². The first kappa shape index (κ1) is 14.0. The van der Waals surface area contributed by atoms with E-state index < -0.39 is 18.0 Å². The number of nitrogens with zero attached hydrogens (tertiary/aromatic N) is 2. The molecular weight excluding hydrogens is 240 g/mol. The molecule has 0 saturated carbocycles. The Balaban J connectivity index is 2.91. The van der Waals surface area contributed by atoms with Crippen molar-refractivity contribution in [2.45, 2.75) is 13.0 Å². The van der Waals surface area contributed by atoms with E-state index in [1.165, 1.54) is 11.8 Å². The molecule has 0 aliphatic rings. The minimum absolute atomic E-state index is 0.00505. The zero-order valence-electron chi connectivity index (χ0n) is 10.4. The van der Waals surface area contributed by atoms with Crippen LogP contribution in [0, 0.1) is 6.92 Å². The van der Waals surface area contributed by atoms with Gasteiger partial charge in [0, 0.05) is 14.2 Å². The fourth-order valence-corrected chi connectivity index (χ4v) is 1.62. The van der Waals surface area contributed by atoms with Crippen molar-refractivity contribution in [3.8, 4) is 0 Å². The Morgan fingerprint density at radius 1 is 1.61 bits per heavy atom. The molecule has 0 saturated heterocycles. The van der Waals surface area contributed by atoms with Crippen LogP contribution < -0.4 is 11.1 Å². The number of carboxylic acid groups (broad SMARTS) is 1. The molecule has 4 N–H and O–H groups in total. The number of aryl methyl sites for hydroxylation is 2. The molecule has 1 aromatic rings. The Morgan fingerprint density at radius 3 is 2.67 bits per heavy atom.